The molecule has 0 atom stereocenters. The highest BCUT2D eigenvalue weighted by atomic mass is 32.2. The highest BCUT2D eigenvalue weighted by Crippen LogP contribution is 2.45. The normalized spacial score (nSPS) is 13.3. The van der Waals surface area contributed by atoms with Gasteiger partial charge in [-0.3, -0.25) is 0 Å². The zero-order valence-corrected chi connectivity index (χ0v) is 32.6. The van der Waals surface area contributed by atoms with E-state index >= 15 is 0 Å². The Balaban J connectivity index is 1.67. The third-order valence-electron chi connectivity index (χ3n) is 9.15. The van der Waals surface area contributed by atoms with Crippen LogP contribution in [0.1, 0.15) is 28.7 Å². The second-order valence-corrected chi connectivity index (χ2v) is 23.4. The van der Waals surface area contributed by atoms with Crippen molar-refractivity contribution < 1.29 is 26.3 Å². The SMILES string of the molecule is COc1ccc(Cc2cc(S(=O)(=O)CC[Si](C)(C)C)c(S(N)(=O)=O)c(-c3nnn(Cc4ccc(OC)cc4)n3)c2-c2cccc3c2CCCN3)cc1. The summed E-state index contributed by atoms with van der Waals surface area (Å²) in [5, 5.41) is 22.9. The molecule has 0 aliphatic carbocycles. The molecule has 0 unspecified atom stereocenters. The van der Waals surface area contributed by atoms with E-state index < -0.39 is 32.8 Å². The summed E-state index contributed by atoms with van der Waals surface area (Å²) in [7, 11) is -7.56. The zero-order chi connectivity index (χ0) is 37.3. The fourth-order valence-corrected chi connectivity index (χ4v) is 12.4. The fourth-order valence-electron chi connectivity index (χ4n) is 6.43. The molecule has 0 amide bonds. The first-order chi connectivity index (χ1) is 24.7. The second kappa shape index (κ2) is 14.8. The van der Waals surface area contributed by atoms with Gasteiger partial charge in [-0.2, -0.15) is 4.80 Å². The monoisotopic (exact) mass is 760 g/mol. The van der Waals surface area contributed by atoms with E-state index in [4.69, 9.17) is 19.7 Å². The van der Waals surface area contributed by atoms with Crippen LogP contribution in [0.3, 0.4) is 0 Å². The predicted octanol–water partition coefficient (Wildman–Crippen LogP) is 5.78. The Morgan fingerprint density at radius 3 is 2.15 bits per heavy atom. The van der Waals surface area contributed by atoms with E-state index in [1.807, 2.05) is 66.7 Å². The van der Waals surface area contributed by atoms with Gasteiger partial charge in [0.25, 0.3) is 0 Å². The number of nitrogens with two attached hydrogens (primary N) is 1. The number of ether oxygens (including phenoxy) is 2. The van der Waals surface area contributed by atoms with Gasteiger partial charge >= 0.3 is 0 Å². The Kier molecular flexibility index (Phi) is 10.6. The average Bonchev–Trinajstić information content (AvgIpc) is 3.58. The third-order valence-corrected chi connectivity index (χ3v) is 14.1. The summed E-state index contributed by atoms with van der Waals surface area (Å²) in [6, 6.07) is 22.6. The number of benzene rings is 4. The van der Waals surface area contributed by atoms with Crippen LogP contribution in [-0.2, 0) is 39.2 Å². The van der Waals surface area contributed by atoms with Crippen LogP contribution in [0.2, 0.25) is 25.7 Å². The van der Waals surface area contributed by atoms with Crippen LogP contribution < -0.4 is 19.9 Å². The first-order valence-corrected chi connectivity index (χ1v) is 23.9. The van der Waals surface area contributed by atoms with Gasteiger partial charge < -0.3 is 14.8 Å². The number of sulfone groups is 1. The van der Waals surface area contributed by atoms with Crippen molar-refractivity contribution in [2.24, 2.45) is 5.14 Å². The number of hydrogen-bond donors (Lipinski definition) is 2. The topological polar surface area (TPSA) is 168 Å². The molecule has 5 aromatic rings. The van der Waals surface area contributed by atoms with Crippen LogP contribution in [0.25, 0.3) is 22.5 Å². The van der Waals surface area contributed by atoms with Gasteiger partial charge in [-0.05, 0) is 100 Å². The van der Waals surface area contributed by atoms with E-state index in [-0.39, 0.29) is 35.0 Å². The minimum absolute atomic E-state index is 0.0139. The van der Waals surface area contributed by atoms with Gasteiger partial charge in [-0.1, -0.05) is 56.0 Å². The van der Waals surface area contributed by atoms with Crippen molar-refractivity contribution in [2.45, 2.75) is 61.3 Å². The molecule has 4 aromatic carbocycles. The molecule has 0 radical (unpaired) electrons. The van der Waals surface area contributed by atoms with E-state index in [1.165, 1.54) is 10.9 Å². The number of nitrogens with zero attached hydrogens (tertiary/aromatic N) is 4. The van der Waals surface area contributed by atoms with Crippen molar-refractivity contribution >= 4 is 33.6 Å². The number of sulfonamides is 1. The van der Waals surface area contributed by atoms with Crippen molar-refractivity contribution in [3.8, 4) is 34.0 Å². The Hall–Kier alpha value is -4.57. The second-order valence-electron chi connectivity index (χ2n) is 14.2. The van der Waals surface area contributed by atoms with Crippen LogP contribution >= 0.6 is 0 Å². The molecular formula is C37H44N6O6S2Si. The molecule has 1 aromatic heterocycles. The Bertz CT molecular complexity index is 2300. The predicted molar refractivity (Wildman–Crippen MR) is 205 cm³/mol. The van der Waals surface area contributed by atoms with Crippen molar-refractivity contribution in [3.63, 3.8) is 0 Å². The van der Waals surface area contributed by atoms with Crippen LogP contribution in [-0.4, -0.2) is 71.6 Å². The summed E-state index contributed by atoms with van der Waals surface area (Å²) in [6.45, 7) is 7.23. The van der Waals surface area contributed by atoms with Gasteiger partial charge in [0.2, 0.25) is 15.8 Å². The molecule has 0 bridgehead atoms. The standard InChI is InChI=1S/C37H44N6O6S2Si/c1-48-28-15-11-25(12-16-28)22-27-23-33(50(44,45)20-21-52(3,4)5)36(51(38,46)47)35(34(27)31-8-6-10-32-30(31)9-7-19-39-32)37-40-42-43(41-37)24-26-13-17-29(49-2)18-14-26/h6,8,10-18,23,39H,7,9,19-22,24H2,1-5H3,(H2,38,46,47). The van der Waals surface area contributed by atoms with E-state index in [2.05, 4.69) is 35.3 Å². The van der Waals surface area contributed by atoms with Gasteiger partial charge in [-0.15, -0.1) is 10.2 Å². The number of nitrogens with one attached hydrogen (secondary N) is 1. The third kappa shape index (κ3) is 8.22. The van der Waals surface area contributed by atoms with E-state index in [9.17, 15) is 16.8 Å². The number of hydrogen-bond acceptors (Lipinski definition) is 10. The van der Waals surface area contributed by atoms with Crippen LogP contribution in [0.4, 0.5) is 5.69 Å². The lowest BCUT2D eigenvalue weighted by Crippen LogP contribution is -2.26. The Labute approximate surface area is 306 Å². The molecule has 1 aliphatic heterocycles. The quantitative estimate of drug-likeness (QED) is 0.140. The molecule has 2 heterocycles. The Morgan fingerprint density at radius 2 is 1.54 bits per heavy atom. The molecular weight excluding hydrogens is 717 g/mol. The first kappa shape index (κ1) is 37.2. The average molecular weight is 761 g/mol. The minimum Gasteiger partial charge on any atom is -0.497 e. The van der Waals surface area contributed by atoms with Crippen LogP contribution in [0, 0.1) is 0 Å². The van der Waals surface area contributed by atoms with Gasteiger partial charge in [0.15, 0.2) is 9.84 Å². The van der Waals surface area contributed by atoms with E-state index in [1.54, 1.807) is 14.2 Å². The highest BCUT2D eigenvalue weighted by Gasteiger charge is 2.36. The van der Waals surface area contributed by atoms with E-state index in [0.717, 1.165) is 47.3 Å². The molecule has 12 nitrogen and oxygen atoms in total. The summed E-state index contributed by atoms with van der Waals surface area (Å²) >= 11 is 0. The lowest BCUT2D eigenvalue weighted by molar-refractivity contribution is 0.414. The summed E-state index contributed by atoms with van der Waals surface area (Å²) in [6.07, 6.45) is 1.85. The zero-order valence-electron chi connectivity index (χ0n) is 30.0. The van der Waals surface area contributed by atoms with Crippen LogP contribution in [0.15, 0.2) is 82.6 Å². The van der Waals surface area contributed by atoms with Crippen molar-refractivity contribution in [2.75, 3.05) is 31.8 Å². The molecule has 0 spiro atoms. The summed E-state index contributed by atoms with van der Waals surface area (Å²) in [5.41, 5.74) is 5.45. The van der Waals surface area contributed by atoms with Gasteiger partial charge in [0.05, 0.1) is 37.0 Å². The van der Waals surface area contributed by atoms with Crippen molar-refractivity contribution in [1.29, 1.82) is 0 Å². The smallest absolute Gasteiger partial charge is 0.240 e. The molecule has 52 heavy (non-hydrogen) atoms. The number of anilines is 1. The molecule has 0 saturated carbocycles. The summed E-state index contributed by atoms with van der Waals surface area (Å²) in [4.78, 5) is 0.470. The van der Waals surface area contributed by atoms with Gasteiger partial charge in [0.1, 0.15) is 16.4 Å². The Morgan fingerprint density at radius 1 is 0.885 bits per heavy atom. The maximum atomic E-state index is 14.4. The minimum atomic E-state index is -4.69. The molecule has 6 rings (SSSR count). The largest absolute Gasteiger partial charge is 0.497 e. The van der Waals surface area contributed by atoms with Gasteiger partial charge in [0, 0.05) is 20.3 Å². The first-order valence-electron chi connectivity index (χ1n) is 17.0. The van der Waals surface area contributed by atoms with E-state index in [0.29, 0.717) is 28.7 Å². The van der Waals surface area contributed by atoms with Crippen molar-refractivity contribution in [1.82, 2.24) is 20.2 Å². The molecule has 0 saturated heterocycles. The number of rotatable bonds is 13. The number of methoxy groups -OCH3 is 2. The molecule has 15 heteroatoms. The summed E-state index contributed by atoms with van der Waals surface area (Å²) < 4.78 is 67.2. The lowest BCUT2D eigenvalue weighted by atomic mass is 9.85. The maximum Gasteiger partial charge on any atom is 0.240 e. The number of tetrazole rings is 1. The van der Waals surface area contributed by atoms with Crippen LogP contribution in [0.5, 0.6) is 11.5 Å². The lowest BCUT2D eigenvalue weighted by Gasteiger charge is -2.26. The number of fused-ring (bicyclic) bond motifs is 1. The maximum absolute atomic E-state index is 14.4. The summed E-state index contributed by atoms with van der Waals surface area (Å²) in [5.74, 6) is 1.08. The molecule has 0 fully saturated rings. The number of primary sulfonamides is 1. The van der Waals surface area contributed by atoms with Gasteiger partial charge in [-0.25, -0.2) is 22.0 Å². The highest BCUT2D eigenvalue weighted by molar-refractivity contribution is 7.93. The van der Waals surface area contributed by atoms with Crippen molar-refractivity contribution in [3.05, 3.63) is 95.1 Å². The molecule has 1 aliphatic rings. The fraction of sp³-hybridized carbons (Fsp3) is 0.324. The molecule has 274 valence electrons. The number of aromatic nitrogens is 4. The molecule has 3 N–H and O–H groups in total.